The van der Waals surface area contributed by atoms with Crippen LogP contribution in [-0.4, -0.2) is 32.1 Å². The van der Waals surface area contributed by atoms with Crippen molar-refractivity contribution in [1.29, 1.82) is 0 Å². The number of ketones is 1. The van der Waals surface area contributed by atoms with Gasteiger partial charge in [0, 0.05) is 5.56 Å². The van der Waals surface area contributed by atoms with Gasteiger partial charge in [-0.25, -0.2) is 4.79 Å². The number of benzene rings is 3. The Kier molecular flexibility index (Phi) is 7.09. The lowest BCUT2D eigenvalue weighted by atomic mass is 10.0. The van der Waals surface area contributed by atoms with Crippen molar-refractivity contribution < 1.29 is 23.8 Å². The fraction of sp³-hybridized carbons (Fsp3) is 0.167. The van der Waals surface area contributed by atoms with Crippen LogP contribution in [0.2, 0.25) is 5.02 Å². The van der Waals surface area contributed by atoms with Gasteiger partial charge in [0.1, 0.15) is 0 Å². The van der Waals surface area contributed by atoms with Crippen LogP contribution in [0.5, 0.6) is 11.5 Å². The van der Waals surface area contributed by atoms with Gasteiger partial charge in [0.25, 0.3) is 0 Å². The Morgan fingerprint density at radius 1 is 0.900 bits per heavy atom. The summed E-state index contributed by atoms with van der Waals surface area (Å²) < 4.78 is 15.8. The van der Waals surface area contributed by atoms with Gasteiger partial charge in [-0.1, -0.05) is 66.2 Å². The molecule has 0 N–H and O–H groups in total. The molecular formula is C24H21ClO5. The molecule has 5 nitrogen and oxygen atoms in total. The van der Waals surface area contributed by atoms with Crippen molar-refractivity contribution in [2.75, 3.05) is 20.3 Å². The molecule has 0 heterocycles. The van der Waals surface area contributed by atoms with E-state index < -0.39 is 5.97 Å². The first-order valence-corrected chi connectivity index (χ1v) is 9.77. The van der Waals surface area contributed by atoms with E-state index in [1.54, 1.807) is 19.1 Å². The topological polar surface area (TPSA) is 61.8 Å². The third kappa shape index (κ3) is 4.99. The summed E-state index contributed by atoms with van der Waals surface area (Å²) in [6.45, 7) is 1.81. The lowest BCUT2D eigenvalue weighted by Gasteiger charge is -2.12. The number of carbonyl (C=O) groups is 2. The van der Waals surface area contributed by atoms with E-state index in [1.807, 2.05) is 42.5 Å². The normalized spacial score (nSPS) is 10.4. The summed E-state index contributed by atoms with van der Waals surface area (Å²) in [5.41, 5.74) is 2.70. The van der Waals surface area contributed by atoms with Crippen LogP contribution in [-0.2, 0) is 4.74 Å². The molecule has 0 aliphatic heterocycles. The Morgan fingerprint density at radius 3 is 2.20 bits per heavy atom. The second-order valence-corrected chi connectivity index (χ2v) is 6.77. The first-order valence-electron chi connectivity index (χ1n) is 9.39. The van der Waals surface area contributed by atoms with E-state index in [1.165, 1.54) is 19.2 Å². The number of rotatable bonds is 8. The average molecular weight is 425 g/mol. The van der Waals surface area contributed by atoms with Crippen molar-refractivity contribution in [2.45, 2.75) is 6.92 Å². The van der Waals surface area contributed by atoms with Crippen LogP contribution in [0.25, 0.3) is 11.1 Å². The molecule has 0 saturated heterocycles. The molecule has 0 spiro atoms. The molecule has 6 heteroatoms. The van der Waals surface area contributed by atoms with Gasteiger partial charge in [0.05, 0.1) is 24.3 Å². The zero-order chi connectivity index (χ0) is 21.5. The Morgan fingerprint density at radius 2 is 1.57 bits per heavy atom. The average Bonchev–Trinajstić information content (AvgIpc) is 2.78. The minimum Gasteiger partial charge on any atom is -0.491 e. The van der Waals surface area contributed by atoms with Crippen LogP contribution in [0.4, 0.5) is 0 Å². The highest BCUT2D eigenvalue weighted by molar-refractivity contribution is 6.32. The van der Waals surface area contributed by atoms with Crippen molar-refractivity contribution >= 4 is 23.4 Å². The van der Waals surface area contributed by atoms with E-state index in [-0.39, 0.29) is 23.0 Å². The molecule has 0 aliphatic rings. The van der Waals surface area contributed by atoms with Crippen LogP contribution < -0.4 is 9.47 Å². The van der Waals surface area contributed by atoms with Crippen LogP contribution >= 0.6 is 11.6 Å². The molecule has 0 radical (unpaired) electrons. The minimum absolute atomic E-state index is 0.177. The van der Waals surface area contributed by atoms with Gasteiger partial charge in [0.15, 0.2) is 23.9 Å². The lowest BCUT2D eigenvalue weighted by molar-refractivity contribution is 0.0474. The third-order valence-electron chi connectivity index (χ3n) is 4.40. The maximum atomic E-state index is 12.4. The Hall–Kier alpha value is -3.31. The summed E-state index contributed by atoms with van der Waals surface area (Å²) in [6, 6.07) is 19.9. The lowest BCUT2D eigenvalue weighted by Crippen LogP contribution is -2.14. The maximum absolute atomic E-state index is 12.4. The molecule has 0 saturated carbocycles. The summed E-state index contributed by atoms with van der Waals surface area (Å²) >= 11 is 6.16. The molecule has 0 amide bonds. The molecule has 0 bridgehead atoms. The SMILES string of the molecule is CCOc1cc(C(=O)OCC(=O)c2ccc(-c3ccccc3)cc2)cc(Cl)c1OC. The van der Waals surface area contributed by atoms with Crippen LogP contribution in [0, 0.1) is 0 Å². The number of Topliss-reactive ketones (excluding diaryl/α,β-unsaturated/α-hetero) is 1. The monoisotopic (exact) mass is 424 g/mol. The fourth-order valence-electron chi connectivity index (χ4n) is 2.92. The van der Waals surface area contributed by atoms with Gasteiger partial charge in [-0.05, 0) is 30.2 Å². The molecule has 0 fully saturated rings. The number of carbonyl (C=O) groups excluding carboxylic acids is 2. The second kappa shape index (κ2) is 9.94. The quantitative estimate of drug-likeness (QED) is 0.355. The number of hydrogen-bond acceptors (Lipinski definition) is 5. The highest BCUT2D eigenvalue weighted by atomic mass is 35.5. The van der Waals surface area contributed by atoms with Crippen molar-refractivity contribution in [3.63, 3.8) is 0 Å². The van der Waals surface area contributed by atoms with Crippen LogP contribution in [0.1, 0.15) is 27.6 Å². The molecule has 0 atom stereocenters. The van der Waals surface area contributed by atoms with E-state index in [0.29, 0.717) is 23.7 Å². The zero-order valence-electron chi connectivity index (χ0n) is 16.7. The van der Waals surface area contributed by atoms with Crippen molar-refractivity contribution in [3.05, 3.63) is 82.9 Å². The number of esters is 1. The number of methoxy groups -OCH3 is 1. The highest BCUT2D eigenvalue weighted by Crippen LogP contribution is 2.36. The number of hydrogen-bond donors (Lipinski definition) is 0. The van der Waals surface area contributed by atoms with Crippen LogP contribution in [0.15, 0.2) is 66.7 Å². The summed E-state index contributed by atoms with van der Waals surface area (Å²) in [5.74, 6) is -0.297. The van der Waals surface area contributed by atoms with Gasteiger partial charge >= 0.3 is 5.97 Å². The van der Waals surface area contributed by atoms with Gasteiger partial charge in [0.2, 0.25) is 0 Å². The van der Waals surface area contributed by atoms with Gasteiger partial charge in [-0.15, -0.1) is 0 Å². The van der Waals surface area contributed by atoms with E-state index in [0.717, 1.165) is 11.1 Å². The van der Waals surface area contributed by atoms with E-state index in [4.69, 9.17) is 25.8 Å². The Labute approximate surface area is 180 Å². The molecule has 30 heavy (non-hydrogen) atoms. The number of halogens is 1. The largest absolute Gasteiger partial charge is 0.491 e. The molecule has 0 aliphatic carbocycles. The molecule has 3 aromatic rings. The van der Waals surface area contributed by atoms with E-state index >= 15 is 0 Å². The molecule has 0 unspecified atom stereocenters. The molecular weight excluding hydrogens is 404 g/mol. The summed E-state index contributed by atoms with van der Waals surface area (Å²) in [5, 5.41) is 0.221. The molecule has 3 aromatic carbocycles. The third-order valence-corrected chi connectivity index (χ3v) is 4.68. The first-order chi connectivity index (χ1) is 14.5. The van der Waals surface area contributed by atoms with E-state index in [2.05, 4.69) is 0 Å². The van der Waals surface area contributed by atoms with Gasteiger partial charge in [-0.2, -0.15) is 0 Å². The standard InChI is InChI=1S/C24H21ClO5/c1-3-29-22-14-19(13-20(25)23(22)28-2)24(27)30-15-21(26)18-11-9-17(10-12-18)16-7-5-4-6-8-16/h4-14H,3,15H2,1-2H3. The van der Waals surface area contributed by atoms with E-state index in [9.17, 15) is 9.59 Å². The van der Waals surface area contributed by atoms with Crippen LogP contribution in [0.3, 0.4) is 0 Å². The van der Waals surface area contributed by atoms with Gasteiger partial charge < -0.3 is 14.2 Å². The zero-order valence-corrected chi connectivity index (χ0v) is 17.4. The minimum atomic E-state index is -0.672. The van der Waals surface area contributed by atoms with Crippen molar-refractivity contribution in [2.24, 2.45) is 0 Å². The van der Waals surface area contributed by atoms with Gasteiger partial charge in [-0.3, -0.25) is 4.79 Å². The highest BCUT2D eigenvalue weighted by Gasteiger charge is 2.18. The fourth-order valence-corrected chi connectivity index (χ4v) is 3.21. The Bertz CT molecular complexity index is 1030. The molecule has 154 valence electrons. The summed E-state index contributed by atoms with van der Waals surface area (Å²) in [7, 11) is 1.46. The second-order valence-electron chi connectivity index (χ2n) is 6.37. The smallest absolute Gasteiger partial charge is 0.338 e. The predicted molar refractivity (Wildman–Crippen MR) is 116 cm³/mol. The van der Waals surface area contributed by atoms with Crippen molar-refractivity contribution in [3.8, 4) is 22.6 Å². The maximum Gasteiger partial charge on any atom is 0.338 e. The summed E-state index contributed by atoms with van der Waals surface area (Å²) in [6.07, 6.45) is 0. The molecule has 0 aromatic heterocycles. The Balaban J connectivity index is 1.66. The predicted octanol–water partition coefficient (Wildman–Crippen LogP) is 5.45. The molecule has 3 rings (SSSR count). The van der Waals surface area contributed by atoms with Crippen molar-refractivity contribution in [1.82, 2.24) is 0 Å². The summed E-state index contributed by atoms with van der Waals surface area (Å²) in [4.78, 5) is 24.8. The number of ether oxygens (including phenoxy) is 3. The first kappa shape index (κ1) is 21.4.